The number of nitrogens with one attached hydrogen (secondary N) is 1. The van der Waals surface area contributed by atoms with Crippen LogP contribution >= 0.6 is 0 Å². The lowest BCUT2D eigenvalue weighted by Gasteiger charge is -2.19. The minimum absolute atomic E-state index is 0.164. The molecular formula is C19H17NO4S. The van der Waals surface area contributed by atoms with Gasteiger partial charge in [0.2, 0.25) is 10.0 Å². The second-order valence-corrected chi connectivity index (χ2v) is 7.54. The number of hydrogen-bond donors (Lipinski definition) is 1. The predicted octanol–water partition coefficient (Wildman–Crippen LogP) is 3.09. The molecule has 25 heavy (non-hydrogen) atoms. The van der Waals surface area contributed by atoms with Gasteiger partial charge in [-0.05, 0) is 28.5 Å². The van der Waals surface area contributed by atoms with E-state index < -0.39 is 10.0 Å². The highest BCUT2D eigenvalue weighted by molar-refractivity contribution is 7.89. The van der Waals surface area contributed by atoms with Crippen LogP contribution in [0, 0.1) is 0 Å². The molecule has 0 radical (unpaired) electrons. The van der Waals surface area contributed by atoms with E-state index in [-0.39, 0.29) is 11.4 Å². The Morgan fingerprint density at radius 2 is 1.64 bits per heavy atom. The first-order valence-electron chi connectivity index (χ1n) is 7.99. The first-order valence-corrected chi connectivity index (χ1v) is 9.48. The van der Waals surface area contributed by atoms with Gasteiger partial charge in [-0.2, -0.15) is 0 Å². The molecule has 0 saturated heterocycles. The summed E-state index contributed by atoms with van der Waals surface area (Å²) in [5.41, 5.74) is 0.930. The van der Waals surface area contributed by atoms with Crippen molar-refractivity contribution in [3.63, 3.8) is 0 Å². The highest BCUT2D eigenvalue weighted by Crippen LogP contribution is 2.32. The molecule has 0 amide bonds. The number of benzene rings is 3. The predicted molar refractivity (Wildman–Crippen MR) is 95.4 cm³/mol. The average Bonchev–Trinajstić information content (AvgIpc) is 2.66. The maximum Gasteiger partial charge on any atom is 0.241 e. The Morgan fingerprint density at radius 1 is 0.880 bits per heavy atom. The van der Waals surface area contributed by atoms with Crippen LogP contribution in [0.25, 0.3) is 10.8 Å². The van der Waals surface area contributed by atoms with Crippen LogP contribution in [0.15, 0.2) is 65.6 Å². The van der Waals surface area contributed by atoms with Gasteiger partial charge in [-0.15, -0.1) is 0 Å². The Hall–Kier alpha value is -2.57. The molecule has 0 unspecified atom stereocenters. The van der Waals surface area contributed by atoms with Crippen molar-refractivity contribution < 1.29 is 17.9 Å². The van der Waals surface area contributed by atoms with Crippen LogP contribution in [0.4, 0.5) is 0 Å². The molecule has 0 fully saturated rings. The lowest BCUT2D eigenvalue weighted by molar-refractivity contribution is 0.171. The molecule has 3 aromatic rings. The first kappa shape index (κ1) is 15.9. The Labute approximate surface area is 146 Å². The summed E-state index contributed by atoms with van der Waals surface area (Å²) in [7, 11) is -3.65. The summed E-state index contributed by atoms with van der Waals surface area (Å²) in [6, 6.07) is 18.4. The van der Waals surface area contributed by atoms with Gasteiger partial charge in [0.15, 0.2) is 11.5 Å². The standard InChI is InChI=1S/C19H17NO4S/c21-25(22,16-8-9-18-19(12-16)24-11-10-23-18)20-13-15-6-3-5-14-4-1-2-7-17(14)15/h1-9,12,20H,10-11,13H2. The maximum atomic E-state index is 12.6. The fraction of sp³-hybridized carbons (Fsp3) is 0.158. The summed E-state index contributed by atoms with van der Waals surface area (Å²) in [4.78, 5) is 0.164. The van der Waals surface area contributed by atoms with E-state index >= 15 is 0 Å². The van der Waals surface area contributed by atoms with E-state index in [9.17, 15) is 8.42 Å². The number of fused-ring (bicyclic) bond motifs is 2. The van der Waals surface area contributed by atoms with Crippen molar-refractivity contribution in [3.8, 4) is 11.5 Å². The molecule has 1 heterocycles. The van der Waals surface area contributed by atoms with E-state index in [2.05, 4.69) is 4.72 Å². The maximum absolute atomic E-state index is 12.6. The van der Waals surface area contributed by atoms with Crippen LogP contribution in [-0.4, -0.2) is 21.6 Å². The van der Waals surface area contributed by atoms with E-state index in [1.165, 1.54) is 12.1 Å². The van der Waals surface area contributed by atoms with Crippen LogP contribution in [0.1, 0.15) is 5.56 Å². The van der Waals surface area contributed by atoms with Crippen LogP contribution in [-0.2, 0) is 16.6 Å². The molecule has 0 aromatic heterocycles. The van der Waals surface area contributed by atoms with Crippen molar-refractivity contribution in [1.29, 1.82) is 0 Å². The average molecular weight is 355 g/mol. The normalized spacial score (nSPS) is 13.8. The Kier molecular flexibility index (Phi) is 4.07. The molecule has 0 spiro atoms. The molecule has 1 aliphatic heterocycles. The van der Waals surface area contributed by atoms with Gasteiger partial charge < -0.3 is 9.47 Å². The summed E-state index contributed by atoms with van der Waals surface area (Å²) < 4.78 is 38.8. The minimum atomic E-state index is -3.65. The lowest BCUT2D eigenvalue weighted by atomic mass is 10.1. The van der Waals surface area contributed by atoms with Gasteiger partial charge in [0.05, 0.1) is 4.90 Å². The molecule has 0 saturated carbocycles. The molecule has 4 rings (SSSR count). The van der Waals surface area contributed by atoms with Gasteiger partial charge in [-0.25, -0.2) is 13.1 Å². The number of hydrogen-bond acceptors (Lipinski definition) is 4. The monoisotopic (exact) mass is 355 g/mol. The summed E-state index contributed by atoms with van der Waals surface area (Å²) in [6.07, 6.45) is 0. The molecule has 128 valence electrons. The highest BCUT2D eigenvalue weighted by atomic mass is 32.2. The van der Waals surface area contributed by atoms with Gasteiger partial charge in [0.1, 0.15) is 13.2 Å². The number of sulfonamides is 1. The molecule has 1 N–H and O–H groups in total. The Morgan fingerprint density at radius 3 is 2.52 bits per heavy atom. The third-order valence-corrected chi connectivity index (χ3v) is 5.56. The van der Waals surface area contributed by atoms with Crippen LogP contribution in [0.2, 0.25) is 0 Å². The molecule has 0 atom stereocenters. The fourth-order valence-electron chi connectivity index (χ4n) is 2.89. The summed E-state index contributed by atoms with van der Waals surface area (Å²) in [6.45, 7) is 1.11. The van der Waals surface area contributed by atoms with Gasteiger partial charge >= 0.3 is 0 Å². The van der Waals surface area contributed by atoms with Crippen molar-refractivity contribution in [2.45, 2.75) is 11.4 Å². The topological polar surface area (TPSA) is 64.6 Å². The van der Waals surface area contributed by atoms with Gasteiger partial charge in [-0.3, -0.25) is 0 Å². The largest absolute Gasteiger partial charge is 0.486 e. The van der Waals surface area contributed by atoms with Crippen LogP contribution in [0.5, 0.6) is 11.5 Å². The van der Waals surface area contributed by atoms with E-state index in [1.54, 1.807) is 6.07 Å². The zero-order chi connectivity index (χ0) is 17.3. The summed E-state index contributed by atoms with van der Waals surface area (Å²) >= 11 is 0. The molecule has 1 aliphatic rings. The lowest BCUT2D eigenvalue weighted by Crippen LogP contribution is -2.24. The van der Waals surface area contributed by atoms with Gasteiger partial charge in [0.25, 0.3) is 0 Å². The van der Waals surface area contributed by atoms with E-state index in [1.807, 2.05) is 42.5 Å². The quantitative estimate of drug-likeness (QED) is 0.781. The summed E-state index contributed by atoms with van der Waals surface area (Å²) in [5.74, 6) is 1.03. The Balaban J connectivity index is 1.59. The third-order valence-electron chi connectivity index (χ3n) is 4.16. The third kappa shape index (κ3) is 3.18. The first-order chi connectivity index (χ1) is 12.1. The van der Waals surface area contributed by atoms with Crippen LogP contribution < -0.4 is 14.2 Å². The number of ether oxygens (including phenoxy) is 2. The van der Waals surface area contributed by atoms with Gasteiger partial charge in [0, 0.05) is 12.6 Å². The van der Waals surface area contributed by atoms with E-state index in [0.717, 1.165) is 16.3 Å². The molecular weight excluding hydrogens is 338 g/mol. The van der Waals surface area contributed by atoms with Crippen molar-refractivity contribution in [2.24, 2.45) is 0 Å². The molecule has 0 aliphatic carbocycles. The van der Waals surface area contributed by atoms with Crippen molar-refractivity contribution in [3.05, 3.63) is 66.2 Å². The molecule has 5 nitrogen and oxygen atoms in total. The molecule has 3 aromatic carbocycles. The van der Waals surface area contributed by atoms with Crippen LogP contribution in [0.3, 0.4) is 0 Å². The zero-order valence-corrected chi connectivity index (χ0v) is 14.3. The van der Waals surface area contributed by atoms with Crippen molar-refractivity contribution in [1.82, 2.24) is 4.72 Å². The van der Waals surface area contributed by atoms with Crippen molar-refractivity contribution >= 4 is 20.8 Å². The second kappa shape index (κ2) is 6.38. The second-order valence-electron chi connectivity index (χ2n) is 5.77. The summed E-state index contributed by atoms with van der Waals surface area (Å²) in [5, 5.41) is 2.12. The molecule has 0 bridgehead atoms. The van der Waals surface area contributed by atoms with E-state index in [4.69, 9.17) is 9.47 Å². The van der Waals surface area contributed by atoms with Crippen molar-refractivity contribution in [2.75, 3.05) is 13.2 Å². The fourth-order valence-corrected chi connectivity index (χ4v) is 3.92. The SMILES string of the molecule is O=S(=O)(NCc1cccc2ccccc12)c1ccc2c(c1)OCCO2. The van der Waals surface area contributed by atoms with Gasteiger partial charge in [-0.1, -0.05) is 42.5 Å². The zero-order valence-electron chi connectivity index (χ0n) is 13.4. The van der Waals surface area contributed by atoms with E-state index in [0.29, 0.717) is 24.7 Å². The number of rotatable bonds is 4. The minimum Gasteiger partial charge on any atom is -0.486 e. The Bertz CT molecular complexity index is 1030. The highest BCUT2D eigenvalue weighted by Gasteiger charge is 2.19. The smallest absolute Gasteiger partial charge is 0.241 e. The molecule has 6 heteroatoms.